The van der Waals surface area contributed by atoms with Crippen molar-refractivity contribution in [2.45, 2.75) is 25.5 Å². The number of halogens is 1. The molecule has 0 amide bonds. The maximum Gasteiger partial charge on any atom is 0.0914 e. The van der Waals surface area contributed by atoms with Gasteiger partial charge in [-0.15, -0.1) is 0 Å². The van der Waals surface area contributed by atoms with E-state index < -0.39 is 6.10 Å². The van der Waals surface area contributed by atoms with Crippen molar-refractivity contribution in [3.05, 3.63) is 34.9 Å². The summed E-state index contributed by atoms with van der Waals surface area (Å²) in [5.41, 5.74) is 0.891. The molecule has 0 aliphatic carbocycles. The number of benzene rings is 1. The molecule has 3 unspecified atom stereocenters. The second kappa shape index (κ2) is 6.53. The fourth-order valence-corrected chi connectivity index (χ4v) is 2.34. The molecule has 1 heterocycles. The summed E-state index contributed by atoms with van der Waals surface area (Å²) in [7, 11) is 0. The molecule has 0 aromatic heterocycles. The van der Waals surface area contributed by atoms with Crippen molar-refractivity contribution in [2.24, 2.45) is 5.92 Å². The first-order valence-corrected chi connectivity index (χ1v) is 6.79. The van der Waals surface area contributed by atoms with Crippen LogP contribution in [0.3, 0.4) is 0 Å². The van der Waals surface area contributed by atoms with Crippen molar-refractivity contribution in [2.75, 3.05) is 19.8 Å². The highest BCUT2D eigenvalue weighted by Crippen LogP contribution is 2.18. The Morgan fingerprint density at radius 2 is 2.17 bits per heavy atom. The molecule has 1 aliphatic heterocycles. The fourth-order valence-electron chi connectivity index (χ4n) is 2.21. The summed E-state index contributed by atoms with van der Waals surface area (Å²) in [6.45, 7) is 4.38. The van der Waals surface area contributed by atoms with E-state index in [-0.39, 0.29) is 0 Å². The van der Waals surface area contributed by atoms with E-state index in [4.69, 9.17) is 16.3 Å². The lowest BCUT2D eigenvalue weighted by Crippen LogP contribution is -2.36. The Hall–Kier alpha value is -0.610. The quantitative estimate of drug-likeness (QED) is 0.862. The Labute approximate surface area is 113 Å². The fraction of sp³-hybridized carbons (Fsp3) is 0.571. The molecule has 0 spiro atoms. The van der Waals surface area contributed by atoms with E-state index >= 15 is 0 Å². The molecule has 3 nitrogen and oxygen atoms in total. The monoisotopic (exact) mass is 269 g/mol. The van der Waals surface area contributed by atoms with Gasteiger partial charge < -0.3 is 15.2 Å². The van der Waals surface area contributed by atoms with Crippen molar-refractivity contribution in [1.29, 1.82) is 0 Å². The number of rotatable bonds is 5. The van der Waals surface area contributed by atoms with Crippen LogP contribution in [-0.4, -0.2) is 30.9 Å². The molecule has 1 saturated heterocycles. The van der Waals surface area contributed by atoms with Crippen molar-refractivity contribution in [3.8, 4) is 0 Å². The maximum absolute atomic E-state index is 10.1. The minimum absolute atomic E-state index is 0.370. The first-order chi connectivity index (χ1) is 8.66. The second-order valence-corrected chi connectivity index (χ2v) is 5.32. The summed E-state index contributed by atoms with van der Waals surface area (Å²) >= 11 is 5.82. The normalized spacial score (nSPS) is 22.9. The number of nitrogens with one attached hydrogen (secondary N) is 1. The average Bonchev–Trinajstić information content (AvgIpc) is 2.90. The molecule has 1 aromatic rings. The SMILES string of the molecule is CC(NCC(O)c1ccc(Cl)cc1)C1CCOC1. The van der Waals surface area contributed by atoms with Crippen molar-refractivity contribution in [1.82, 2.24) is 5.32 Å². The number of ether oxygens (including phenoxy) is 1. The molecular formula is C14H20ClNO2. The van der Waals surface area contributed by atoms with Gasteiger partial charge in [0.1, 0.15) is 0 Å². The Bertz CT molecular complexity index is 363. The van der Waals surface area contributed by atoms with E-state index in [9.17, 15) is 5.11 Å². The van der Waals surface area contributed by atoms with Gasteiger partial charge in [0.05, 0.1) is 12.7 Å². The summed E-state index contributed by atoms with van der Waals surface area (Å²) in [4.78, 5) is 0. The summed E-state index contributed by atoms with van der Waals surface area (Å²) in [5.74, 6) is 0.558. The minimum atomic E-state index is -0.493. The Morgan fingerprint density at radius 3 is 2.78 bits per heavy atom. The number of aliphatic hydroxyl groups excluding tert-OH is 1. The first-order valence-electron chi connectivity index (χ1n) is 6.41. The number of hydrogen-bond donors (Lipinski definition) is 2. The summed E-state index contributed by atoms with van der Waals surface area (Å²) in [6, 6.07) is 7.69. The third-order valence-corrected chi connectivity index (χ3v) is 3.81. The third kappa shape index (κ3) is 3.69. The Morgan fingerprint density at radius 1 is 1.44 bits per heavy atom. The van der Waals surface area contributed by atoms with Crippen LogP contribution in [0.4, 0.5) is 0 Å². The summed E-state index contributed by atoms with van der Waals surface area (Å²) in [6.07, 6.45) is 0.609. The van der Waals surface area contributed by atoms with Crippen LogP contribution in [0.25, 0.3) is 0 Å². The summed E-state index contributed by atoms with van der Waals surface area (Å²) in [5, 5.41) is 14.1. The highest BCUT2D eigenvalue weighted by atomic mass is 35.5. The van der Waals surface area contributed by atoms with Gasteiger partial charge in [-0.1, -0.05) is 23.7 Å². The van der Waals surface area contributed by atoms with Gasteiger partial charge in [0, 0.05) is 24.2 Å². The molecule has 2 rings (SSSR count). The largest absolute Gasteiger partial charge is 0.387 e. The zero-order valence-corrected chi connectivity index (χ0v) is 11.4. The smallest absolute Gasteiger partial charge is 0.0914 e. The van der Waals surface area contributed by atoms with E-state index in [1.807, 2.05) is 12.1 Å². The van der Waals surface area contributed by atoms with Gasteiger partial charge in [0.25, 0.3) is 0 Å². The molecule has 1 aliphatic rings. The van der Waals surface area contributed by atoms with Crippen LogP contribution < -0.4 is 5.32 Å². The molecule has 3 atom stereocenters. The molecular weight excluding hydrogens is 250 g/mol. The molecule has 100 valence electrons. The highest BCUT2D eigenvalue weighted by molar-refractivity contribution is 6.30. The van der Waals surface area contributed by atoms with Crippen LogP contribution >= 0.6 is 11.6 Å². The number of hydrogen-bond acceptors (Lipinski definition) is 3. The average molecular weight is 270 g/mol. The van der Waals surface area contributed by atoms with E-state index in [0.29, 0.717) is 23.5 Å². The lowest BCUT2D eigenvalue weighted by atomic mass is 10.0. The van der Waals surface area contributed by atoms with Crippen LogP contribution in [0.15, 0.2) is 24.3 Å². The standard InChI is InChI=1S/C14H20ClNO2/c1-10(12-6-7-18-9-12)16-8-14(17)11-2-4-13(15)5-3-11/h2-5,10,12,14,16-17H,6-9H2,1H3. The maximum atomic E-state index is 10.1. The van der Waals surface area contributed by atoms with Gasteiger partial charge in [-0.2, -0.15) is 0 Å². The molecule has 1 fully saturated rings. The van der Waals surface area contributed by atoms with Crippen LogP contribution in [-0.2, 0) is 4.74 Å². The van der Waals surface area contributed by atoms with Crippen molar-refractivity contribution < 1.29 is 9.84 Å². The van der Waals surface area contributed by atoms with Crippen molar-refractivity contribution >= 4 is 11.6 Å². The van der Waals surface area contributed by atoms with Crippen molar-refractivity contribution in [3.63, 3.8) is 0 Å². The Balaban J connectivity index is 1.80. The topological polar surface area (TPSA) is 41.5 Å². The van der Waals surface area contributed by atoms with E-state index in [1.54, 1.807) is 12.1 Å². The molecule has 1 aromatic carbocycles. The van der Waals surface area contributed by atoms with Gasteiger partial charge >= 0.3 is 0 Å². The van der Waals surface area contributed by atoms with Gasteiger partial charge in [0.2, 0.25) is 0 Å². The predicted molar refractivity (Wildman–Crippen MR) is 72.8 cm³/mol. The zero-order valence-electron chi connectivity index (χ0n) is 10.6. The van der Waals surface area contributed by atoms with Gasteiger partial charge in [0.15, 0.2) is 0 Å². The summed E-state index contributed by atoms with van der Waals surface area (Å²) < 4.78 is 5.37. The van der Waals surface area contributed by atoms with E-state index in [1.165, 1.54) is 0 Å². The van der Waals surface area contributed by atoms with E-state index in [0.717, 1.165) is 25.2 Å². The van der Waals surface area contributed by atoms with Crippen LogP contribution in [0, 0.1) is 5.92 Å². The van der Waals surface area contributed by atoms with Gasteiger partial charge in [-0.05, 0) is 37.0 Å². The zero-order chi connectivity index (χ0) is 13.0. The molecule has 18 heavy (non-hydrogen) atoms. The highest BCUT2D eigenvalue weighted by Gasteiger charge is 2.22. The lowest BCUT2D eigenvalue weighted by molar-refractivity contribution is 0.156. The van der Waals surface area contributed by atoms with Crippen LogP contribution in [0.2, 0.25) is 5.02 Å². The first kappa shape index (κ1) is 13.8. The molecule has 2 N–H and O–H groups in total. The number of aliphatic hydroxyl groups is 1. The molecule has 4 heteroatoms. The minimum Gasteiger partial charge on any atom is -0.387 e. The third-order valence-electron chi connectivity index (χ3n) is 3.56. The van der Waals surface area contributed by atoms with Gasteiger partial charge in [-0.3, -0.25) is 0 Å². The van der Waals surface area contributed by atoms with E-state index in [2.05, 4.69) is 12.2 Å². The van der Waals surface area contributed by atoms with Crippen LogP contribution in [0.1, 0.15) is 25.0 Å². The lowest BCUT2D eigenvalue weighted by Gasteiger charge is -2.21. The molecule has 0 saturated carbocycles. The van der Waals surface area contributed by atoms with Crippen LogP contribution in [0.5, 0.6) is 0 Å². The second-order valence-electron chi connectivity index (χ2n) is 4.89. The van der Waals surface area contributed by atoms with Gasteiger partial charge in [-0.25, -0.2) is 0 Å². The molecule has 0 radical (unpaired) electrons. The Kier molecular flexibility index (Phi) is 5.01. The molecule has 0 bridgehead atoms. The predicted octanol–water partition coefficient (Wildman–Crippen LogP) is 2.39.